The van der Waals surface area contributed by atoms with Crippen LogP contribution in [-0.2, 0) is 13.2 Å². The standard InChI is InChI=1S/C22H21ClN2O3/c1-15-6-5-11-24-19(15)13-25-22(26)16-9-10-20(21(12-16)27-2)28-14-17-7-3-4-8-18(17)23/h3-12H,13-14H2,1-2H3,(H,25,26). The summed E-state index contributed by atoms with van der Waals surface area (Å²) in [6, 6.07) is 16.4. The normalized spacial score (nSPS) is 10.4. The molecule has 2 aromatic carbocycles. The number of aromatic nitrogens is 1. The SMILES string of the molecule is COc1cc(C(=O)NCc2ncccc2C)ccc1OCc1ccccc1Cl. The molecule has 0 bridgehead atoms. The first-order chi connectivity index (χ1) is 13.6. The maximum absolute atomic E-state index is 12.5. The van der Waals surface area contributed by atoms with Crippen molar-refractivity contribution < 1.29 is 14.3 Å². The van der Waals surface area contributed by atoms with E-state index in [0.717, 1.165) is 16.8 Å². The molecule has 0 aliphatic carbocycles. The molecule has 1 heterocycles. The number of methoxy groups -OCH3 is 1. The van der Waals surface area contributed by atoms with Gasteiger partial charge in [0.25, 0.3) is 5.91 Å². The summed E-state index contributed by atoms with van der Waals surface area (Å²) in [5.41, 5.74) is 3.22. The van der Waals surface area contributed by atoms with Gasteiger partial charge < -0.3 is 14.8 Å². The van der Waals surface area contributed by atoms with E-state index < -0.39 is 0 Å². The van der Waals surface area contributed by atoms with Gasteiger partial charge in [-0.3, -0.25) is 9.78 Å². The zero-order chi connectivity index (χ0) is 19.9. The van der Waals surface area contributed by atoms with E-state index in [-0.39, 0.29) is 5.91 Å². The zero-order valence-electron chi connectivity index (χ0n) is 15.7. The third-order valence-corrected chi connectivity index (χ3v) is 4.67. The summed E-state index contributed by atoms with van der Waals surface area (Å²) in [7, 11) is 1.54. The molecule has 28 heavy (non-hydrogen) atoms. The summed E-state index contributed by atoms with van der Waals surface area (Å²) >= 11 is 6.16. The Kier molecular flexibility index (Phi) is 6.50. The van der Waals surface area contributed by atoms with Crippen LogP contribution in [0.15, 0.2) is 60.8 Å². The first-order valence-corrected chi connectivity index (χ1v) is 9.19. The topological polar surface area (TPSA) is 60.5 Å². The largest absolute Gasteiger partial charge is 0.493 e. The minimum absolute atomic E-state index is 0.207. The number of halogens is 1. The molecule has 0 aliphatic rings. The van der Waals surface area contributed by atoms with E-state index in [9.17, 15) is 4.79 Å². The highest BCUT2D eigenvalue weighted by molar-refractivity contribution is 6.31. The van der Waals surface area contributed by atoms with Crippen molar-refractivity contribution in [3.05, 3.63) is 88.2 Å². The Bertz CT molecular complexity index is 976. The van der Waals surface area contributed by atoms with E-state index in [1.54, 1.807) is 24.4 Å². The number of carbonyl (C=O) groups excluding carboxylic acids is 1. The van der Waals surface area contributed by atoms with Crippen LogP contribution in [0.4, 0.5) is 0 Å². The molecule has 0 atom stereocenters. The molecule has 1 N–H and O–H groups in total. The number of nitrogens with zero attached hydrogens (tertiary/aromatic N) is 1. The zero-order valence-corrected chi connectivity index (χ0v) is 16.5. The quantitative estimate of drug-likeness (QED) is 0.636. The van der Waals surface area contributed by atoms with Crippen LogP contribution in [-0.4, -0.2) is 18.0 Å². The van der Waals surface area contributed by atoms with E-state index in [2.05, 4.69) is 10.3 Å². The van der Waals surface area contributed by atoms with Gasteiger partial charge in [-0.2, -0.15) is 0 Å². The molecule has 1 amide bonds. The lowest BCUT2D eigenvalue weighted by atomic mass is 10.1. The fourth-order valence-electron chi connectivity index (χ4n) is 2.67. The molecule has 1 aromatic heterocycles. The molecular formula is C22H21ClN2O3. The molecule has 3 aromatic rings. The van der Waals surface area contributed by atoms with Gasteiger partial charge >= 0.3 is 0 Å². The second kappa shape index (κ2) is 9.24. The Labute approximate surface area is 169 Å². The van der Waals surface area contributed by atoms with Gasteiger partial charge in [-0.25, -0.2) is 0 Å². The van der Waals surface area contributed by atoms with E-state index in [1.165, 1.54) is 7.11 Å². The van der Waals surface area contributed by atoms with Crippen molar-refractivity contribution in [2.75, 3.05) is 7.11 Å². The first kappa shape index (κ1) is 19.7. The van der Waals surface area contributed by atoms with Crippen molar-refractivity contribution in [1.29, 1.82) is 0 Å². The van der Waals surface area contributed by atoms with Crippen molar-refractivity contribution in [3.8, 4) is 11.5 Å². The summed E-state index contributed by atoms with van der Waals surface area (Å²) in [6.07, 6.45) is 1.71. The van der Waals surface area contributed by atoms with Gasteiger partial charge in [0, 0.05) is 22.3 Å². The van der Waals surface area contributed by atoms with Crippen molar-refractivity contribution in [1.82, 2.24) is 10.3 Å². The Morgan fingerprint density at radius 1 is 1.11 bits per heavy atom. The number of hydrogen-bond donors (Lipinski definition) is 1. The molecule has 0 unspecified atom stereocenters. The second-order valence-electron chi connectivity index (χ2n) is 6.20. The molecule has 0 radical (unpaired) electrons. The smallest absolute Gasteiger partial charge is 0.251 e. The fourth-order valence-corrected chi connectivity index (χ4v) is 2.86. The van der Waals surface area contributed by atoms with Crippen molar-refractivity contribution >= 4 is 17.5 Å². The average molecular weight is 397 g/mol. The van der Waals surface area contributed by atoms with Gasteiger partial charge in [-0.05, 0) is 42.8 Å². The number of pyridine rings is 1. The lowest BCUT2D eigenvalue weighted by molar-refractivity contribution is 0.0950. The molecular weight excluding hydrogens is 376 g/mol. The average Bonchev–Trinajstić information content (AvgIpc) is 2.72. The summed E-state index contributed by atoms with van der Waals surface area (Å²) in [4.78, 5) is 16.8. The van der Waals surface area contributed by atoms with Crippen molar-refractivity contribution in [2.24, 2.45) is 0 Å². The lowest BCUT2D eigenvalue weighted by Crippen LogP contribution is -2.23. The Hall–Kier alpha value is -3.05. The van der Waals surface area contributed by atoms with E-state index >= 15 is 0 Å². The van der Waals surface area contributed by atoms with Crippen LogP contribution in [0.5, 0.6) is 11.5 Å². The van der Waals surface area contributed by atoms with E-state index in [4.69, 9.17) is 21.1 Å². The lowest BCUT2D eigenvalue weighted by Gasteiger charge is -2.13. The molecule has 144 valence electrons. The monoisotopic (exact) mass is 396 g/mol. The van der Waals surface area contributed by atoms with Gasteiger partial charge in [-0.15, -0.1) is 0 Å². The van der Waals surface area contributed by atoms with Crippen LogP contribution >= 0.6 is 11.6 Å². The highest BCUT2D eigenvalue weighted by Gasteiger charge is 2.12. The van der Waals surface area contributed by atoms with Gasteiger partial charge in [0.1, 0.15) is 6.61 Å². The predicted molar refractivity (Wildman–Crippen MR) is 109 cm³/mol. The molecule has 0 aliphatic heterocycles. The molecule has 5 nitrogen and oxygen atoms in total. The van der Waals surface area contributed by atoms with Crippen LogP contribution in [0.1, 0.15) is 27.2 Å². The Morgan fingerprint density at radius 3 is 2.68 bits per heavy atom. The molecule has 0 saturated carbocycles. The van der Waals surface area contributed by atoms with Crippen LogP contribution < -0.4 is 14.8 Å². The van der Waals surface area contributed by atoms with E-state index in [1.807, 2.05) is 43.3 Å². The third-order valence-electron chi connectivity index (χ3n) is 4.30. The summed E-state index contributed by atoms with van der Waals surface area (Å²) < 4.78 is 11.2. The number of benzene rings is 2. The van der Waals surface area contributed by atoms with Crippen LogP contribution in [0, 0.1) is 6.92 Å². The number of carbonyl (C=O) groups is 1. The second-order valence-corrected chi connectivity index (χ2v) is 6.60. The van der Waals surface area contributed by atoms with Crippen LogP contribution in [0.2, 0.25) is 5.02 Å². The number of aryl methyl sites for hydroxylation is 1. The molecule has 0 spiro atoms. The number of ether oxygens (including phenoxy) is 2. The number of hydrogen-bond acceptors (Lipinski definition) is 4. The van der Waals surface area contributed by atoms with E-state index in [0.29, 0.717) is 35.2 Å². The van der Waals surface area contributed by atoms with Gasteiger partial charge in [0.2, 0.25) is 0 Å². The van der Waals surface area contributed by atoms with Crippen molar-refractivity contribution in [2.45, 2.75) is 20.1 Å². The highest BCUT2D eigenvalue weighted by atomic mass is 35.5. The number of nitrogens with one attached hydrogen (secondary N) is 1. The minimum atomic E-state index is -0.207. The molecule has 0 saturated heterocycles. The van der Waals surface area contributed by atoms with Gasteiger partial charge in [0.05, 0.1) is 19.3 Å². The molecule has 3 rings (SSSR count). The molecule has 6 heteroatoms. The highest BCUT2D eigenvalue weighted by Crippen LogP contribution is 2.29. The molecule has 0 fully saturated rings. The summed E-state index contributed by atoms with van der Waals surface area (Å²) in [5.74, 6) is 0.814. The number of rotatable bonds is 7. The van der Waals surface area contributed by atoms with Gasteiger partial charge in [-0.1, -0.05) is 35.9 Å². The Balaban J connectivity index is 1.67. The van der Waals surface area contributed by atoms with Gasteiger partial charge in [0.15, 0.2) is 11.5 Å². The minimum Gasteiger partial charge on any atom is -0.493 e. The fraction of sp³-hybridized carbons (Fsp3) is 0.182. The number of amides is 1. The summed E-state index contributed by atoms with van der Waals surface area (Å²) in [5, 5.41) is 3.52. The first-order valence-electron chi connectivity index (χ1n) is 8.81. The third kappa shape index (κ3) is 4.81. The van der Waals surface area contributed by atoms with Crippen LogP contribution in [0.25, 0.3) is 0 Å². The maximum atomic E-state index is 12.5. The van der Waals surface area contributed by atoms with Crippen molar-refractivity contribution in [3.63, 3.8) is 0 Å². The Morgan fingerprint density at radius 2 is 1.93 bits per heavy atom. The van der Waals surface area contributed by atoms with Crippen LogP contribution in [0.3, 0.4) is 0 Å². The predicted octanol–water partition coefficient (Wildman–Crippen LogP) is 4.56. The summed E-state index contributed by atoms with van der Waals surface area (Å²) in [6.45, 7) is 2.63. The maximum Gasteiger partial charge on any atom is 0.251 e.